The first kappa shape index (κ1) is 19.8. The van der Waals surface area contributed by atoms with Gasteiger partial charge in [-0.15, -0.1) is 0 Å². The molecule has 2 amide bonds. The summed E-state index contributed by atoms with van der Waals surface area (Å²) in [4.78, 5) is 28.2. The number of benzene rings is 1. The molecule has 1 aromatic heterocycles. The molecule has 1 saturated heterocycles. The first-order valence-corrected chi connectivity index (χ1v) is 9.18. The topological polar surface area (TPSA) is 89.6 Å². The van der Waals surface area contributed by atoms with Crippen molar-refractivity contribution in [2.24, 2.45) is 0 Å². The zero-order valence-corrected chi connectivity index (χ0v) is 16.2. The second kappa shape index (κ2) is 8.83. The Morgan fingerprint density at radius 1 is 1.18 bits per heavy atom. The number of furan rings is 1. The number of anilines is 1. The predicted octanol–water partition coefficient (Wildman–Crippen LogP) is 3.39. The van der Waals surface area contributed by atoms with Crippen LogP contribution in [0.1, 0.15) is 10.6 Å². The van der Waals surface area contributed by atoms with Gasteiger partial charge in [-0.3, -0.25) is 9.59 Å². The fourth-order valence-corrected chi connectivity index (χ4v) is 3.05. The van der Waals surface area contributed by atoms with Gasteiger partial charge in [0.05, 0.1) is 17.0 Å². The van der Waals surface area contributed by atoms with Gasteiger partial charge in [0.2, 0.25) is 0 Å². The number of piperazine rings is 1. The molecule has 0 saturated carbocycles. The summed E-state index contributed by atoms with van der Waals surface area (Å²) >= 11 is 11.9. The first-order chi connectivity index (χ1) is 13.5. The van der Waals surface area contributed by atoms with Crippen LogP contribution in [-0.2, 0) is 4.79 Å². The highest BCUT2D eigenvalue weighted by molar-refractivity contribution is 6.35. The molecule has 7 nitrogen and oxygen atoms in total. The lowest BCUT2D eigenvalue weighted by Crippen LogP contribution is -2.47. The van der Waals surface area contributed by atoms with Gasteiger partial charge >= 0.3 is 0 Å². The third-order valence-corrected chi connectivity index (χ3v) is 4.75. The van der Waals surface area contributed by atoms with Crippen molar-refractivity contribution in [3.8, 4) is 6.07 Å². The van der Waals surface area contributed by atoms with Gasteiger partial charge in [0, 0.05) is 37.4 Å². The Hall–Kier alpha value is -2.95. The monoisotopic (exact) mass is 418 g/mol. The van der Waals surface area contributed by atoms with Crippen molar-refractivity contribution in [2.45, 2.75) is 0 Å². The molecule has 0 spiro atoms. The highest BCUT2D eigenvalue weighted by atomic mass is 35.5. The van der Waals surface area contributed by atoms with E-state index in [4.69, 9.17) is 27.6 Å². The summed E-state index contributed by atoms with van der Waals surface area (Å²) in [7, 11) is 0. The van der Waals surface area contributed by atoms with Crippen molar-refractivity contribution in [3.05, 3.63) is 64.2 Å². The van der Waals surface area contributed by atoms with Gasteiger partial charge in [0.1, 0.15) is 11.6 Å². The minimum Gasteiger partial charge on any atom is -0.459 e. The van der Waals surface area contributed by atoms with Crippen molar-refractivity contribution in [3.63, 3.8) is 0 Å². The van der Waals surface area contributed by atoms with Crippen LogP contribution in [0.15, 0.2) is 52.8 Å². The summed E-state index contributed by atoms with van der Waals surface area (Å²) in [5.74, 6) is -0.470. The van der Waals surface area contributed by atoms with Crippen molar-refractivity contribution in [1.29, 1.82) is 5.26 Å². The summed E-state index contributed by atoms with van der Waals surface area (Å²) in [6.45, 7) is 1.89. The fraction of sp³-hybridized carbons (Fsp3) is 0.211. The van der Waals surface area contributed by atoms with E-state index in [-0.39, 0.29) is 11.5 Å². The lowest BCUT2D eigenvalue weighted by Gasteiger charge is -2.33. The van der Waals surface area contributed by atoms with Gasteiger partial charge in [-0.2, -0.15) is 5.26 Å². The fourth-order valence-electron chi connectivity index (χ4n) is 2.71. The first-order valence-electron chi connectivity index (χ1n) is 8.43. The van der Waals surface area contributed by atoms with Gasteiger partial charge in [0.15, 0.2) is 5.76 Å². The van der Waals surface area contributed by atoms with Crippen molar-refractivity contribution in [1.82, 2.24) is 9.80 Å². The molecule has 3 rings (SSSR count). The van der Waals surface area contributed by atoms with Gasteiger partial charge < -0.3 is 19.5 Å². The summed E-state index contributed by atoms with van der Waals surface area (Å²) in [6.07, 6.45) is 2.94. The molecule has 2 heterocycles. The zero-order chi connectivity index (χ0) is 20.1. The SMILES string of the molecule is N#C/C(=C/N1CCN(C(=O)c2ccco2)CC1)C(=O)Nc1cc(Cl)ccc1Cl. The number of carbonyl (C=O) groups excluding carboxylic acids is 2. The van der Waals surface area contributed by atoms with Gasteiger partial charge in [0.25, 0.3) is 11.8 Å². The van der Waals surface area contributed by atoms with Crippen LogP contribution in [0, 0.1) is 11.3 Å². The predicted molar refractivity (Wildman–Crippen MR) is 105 cm³/mol. The Balaban J connectivity index is 1.62. The molecule has 1 N–H and O–H groups in total. The quantitative estimate of drug-likeness (QED) is 0.606. The number of nitriles is 1. The molecular weight excluding hydrogens is 403 g/mol. The highest BCUT2D eigenvalue weighted by Crippen LogP contribution is 2.25. The van der Waals surface area contributed by atoms with E-state index in [1.165, 1.54) is 18.5 Å². The number of nitrogens with one attached hydrogen (secondary N) is 1. The molecule has 1 aliphatic rings. The Morgan fingerprint density at radius 3 is 2.57 bits per heavy atom. The Bertz CT molecular complexity index is 943. The van der Waals surface area contributed by atoms with E-state index in [0.29, 0.717) is 47.7 Å². The molecule has 0 atom stereocenters. The average molecular weight is 419 g/mol. The van der Waals surface area contributed by atoms with E-state index >= 15 is 0 Å². The summed E-state index contributed by atoms with van der Waals surface area (Å²) in [5, 5.41) is 12.7. The molecule has 1 aromatic carbocycles. The van der Waals surface area contributed by atoms with Crippen LogP contribution in [0.2, 0.25) is 10.0 Å². The molecule has 28 heavy (non-hydrogen) atoms. The van der Waals surface area contributed by atoms with E-state index in [9.17, 15) is 14.9 Å². The molecule has 9 heteroatoms. The molecule has 0 unspecified atom stereocenters. The van der Waals surface area contributed by atoms with Crippen LogP contribution in [0.3, 0.4) is 0 Å². The number of nitrogens with zero attached hydrogens (tertiary/aromatic N) is 3. The minimum atomic E-state index is -0.583. The largest absolute Gasteiger partial charge is 0.459 e. The zero-order valence-electron chi connectivity index (χ0n) is 14.7. The molecule has 0 radical (unpaired) electrons. The van der Waals surface area contributed by atoms with E-state index in [1.54, 1.807) is 29.2 Å². The minimum absolute atomic E-state index is 0.0677. The van der Waals surface area contributed by atoms with Crippen LogP contribution in [0.5, 0.6) is 0 Å². The molecule has 0 bridgehead atoms. The van der Waals surface area contributed by atoms with Crippen molar-refractivity contribution >= 4 is 40.7 Å². The molecule has 144 valence electrons. The van der Waals surface area contributed by atoms with Crippen LogP contribution in [0.4, 0.5) is 5.69 Å². The molecular formula is C19H16Cl2N4O3. The number of rotatable bonds is 4. The number of hydrogen-bond acceptors (Lipinski definition) is 5. The maximum absolute atomic E-state index is 12.4. The smallest absolute Gasteiger partial charge is 0.289 e. The van der Waals surface area contributed by atoms with E-state index < -0.39 is 5.91 Å². The normalized spacial score (nSPS) is 14.5. The second-order valence-corrected chi connectivity index (χ2v) is 6.88. The van der Waals surface area contributed by atoms with E-state index in [2.05, 4.69) is 5.32 Å². The van der Waals surface area contributed by atoms with Gasteiger partial charge in [-0.1, -0.05) is 23.2 Å². The van der Waals surface area contributed by atoms with Crippen molar-refractivity contribution in [2.75, 3.05) is 31.5 Å². The highest BCUT2D eigenvalue weighted by Gasteiger charge is 2.23. The van der Waals surface area contributed by atoms with E-state index in [1.807, 2.05) is 11.0 Å². The Morgan fingerprint density at radius 2 is 1.93 bits per heavy atom. The molecule has 0 aliphatic carbocycles. The van der Waals surface area contributed by atoms with Gasteiger partial charge in [-0.25, -0.2) is 0 Å². The third-order valence-electron chi connectivity index (χ3n) is 4.19. The van der Waals surface area contributed by atoms with Crippen LogP contribution < -0.4 is 5.32 Å². The summed E-state index contributed by atoms with van der Waals surface area (Å²) < 4.78 is 5.13. The second-order valence-electron chi connectivity index (χ2n) is 6.04. The Labute approximate surface area is 171 Å². The van der Waals surface area contributed by atoms with Crippen LogP contribution in [0.25, 0.3) is 0 Å². The number of hydrogen-bond donors (Lipinski definition) is 1. The maximum Gasteiger partial charge on any atom is 0.289 e. The van der Waals surface area contributed by atoms with Crippen LogP contribution in [-0.4, -0.2) is 47.8 Å². The molecule has 2 aromatic rings. The summed E-state index contributed by atoms with van der Waals surface area (Å²) in [5.41, 5.74) is 0.260. The maximum atomic E-state index is 12.4. The van der Waals surface area contributed by atoms with E-state index in [0.717, 1.165) is 0 Å². The third kappa shape index (κ3) is 4.66. The van der Waals surface area contributed by atoms with Gasteiger partial charge in [-0.05, 0) is 30.3 Å². The number of carbonyl (C=O) groups is 2. The Kier molecular flexibility index (Phi) is 6.24. The number of amides is 2. The standard InChI is InChI=1S/C19H16Cl2N4O3/c20-14-3-4-15(21)16(10-14)23-18(26)13(11-22)12-24-5-7-25(8-6-24)19(27)17-2-1-9-28-17/h1-4,9-10,12H,5-8H2,(H,23,26)/b13-12-. The lowest BCUT2D eigenvalue weighted by molar-refractivity contribution is -0.112. The number of halogens is 2. The average Bonchev–Trinajstić information content (AvgIpc) is 3.23. The van der Waals surface area contributed by atoms with Crippen molar-refractivity contribution < 1.29 is 14.0 Å². The molecule has 1 fully saturated rings. The van der Waals surface area contributed by atoms with Crippen LogP contribution >= 0.6 is 23.2 Å². The molecule has 1 aliphatic heterocycles. The summed E-state index contributed by atoms with van der Waals surface area (Å²) in [6, 6.07) is 9.85. The lowest BCUT2D eigenvalue weighted by atomic mass is 10.2.